The number of benzene rings is 1. The van der Waals surface area contributed by atoms with Gasteiger partial charge in [0.2, 0.25) is 0 Å². The molecule has 0 spiro atoms. The van der Waals surface area contributed by atoms with Crippen LogP contribution in [0.2, 0.25) is 5.02 Å². The fraction of sp³-hybridized carbons (Fsp3) is 0. The molecule has 0 amide bonds. The predicted octanol–water partition coefficient (Wildman–Crippen LogP) is 4.26. The Kier molecular flexibility index (Phi) is 2.35. The monoisotopic (exact) mass is 266 g/mol. The van der Waals surface area contributed by atoms with Crippen molar-refractivity contribution in [2.75, 3.05) is 5.73 Å². The smallest absolute Gasteiger partial charge is 0.127 e. The molecular weight excluding hydrogens is 260 g/mol. The van der Waals surface area contributed by atoms with E-state index in [9.17, 15) is 0 Å². The van der Waals surface area contributed by atoms with E-state index in [1.54, 1.807) is 11.3 Å². The van der Waals surface area contributed by atoms with Gasteiger partial charge in [-0.2, -0.15) is 0 Å². The summed E-state index contributed by atoms with van der Waals surface area (Å²) in [5.74, 6) is 0. The quantitative estimate of drug-likeness (QED) is 0.715. The van der Waals surface area contributed by atoms with Crippen molar-refractivity contribution >= 4 is 49.5 Å². The molecular formula is C11H7ClN2S2. The predicted molar refractivity (Wildman–Crippen MR) is 72.4 cm³/mol. The Morgan fingerprint density at radius 1 is 1.25 bits per heavy atom. The lowest BCUT2D eigenvalue weighted by Gasteiger charge is -1.90. The highest BCUT2D eigenvalue weighted by Gasteiger charge is 2.09. The number of fused-ring (bicyclic) bond motifs is 1. The van der Waals surface area contributed by atoms with Gasteiger partial charge in [0, 0.05) is 10.6 Å². The minimum atomic E-state index is 0.711. The summed E-state index contributed by atoms with van der Waals surface area (Å²) < 4.78 is 1.13. The third-order valence-corrected chi connectivity index (χ3v) is 4.33. The number of halogens is 1. The molecule has 3 aromatic rings. The maximum atomic E-state index is 5.93. The molecule has 0 radical (unpaired) electrons. The highest BCUT2D eigenvalue weighted by molar-refractivity contribution is 7.22. The molecule has 80 valence electrons. The van der Waals surface area contributed by atoms with E-state index in [1.165, 1.54) is 11.3 Å². The lowest BCUT2D eigenvalue weighted by atomic mass is 10.3. The van der Waals surface area contributed by atoms with Crippen LogP contribution in [0.1, 0.15) is 0 Å². The van der Waals surface area contributed by atoms with E-state index in [4.69, 9.17) is 17.3 Å². The second-order valence-electron chi connectivity index (χ2n) is 3.33. The number of hydrogen-bond donors (Lipinski definition) is 1. The summed E-state index contributed by atoms with van der Waals surface area (Å²) in [7, 11) is 0. The van der Waals surface area contributed by atoms with Crippen LogP contribution in [0.25, 0.3) is 20.8 Å². The maximum Gasteiger partial charge on any atom is 0.127 e. The molecule has 2 heterocycles. The molecule has 2 nitrogen and oxygen atoms in total. The number of anilines is 1. The summed E-state index contributed by atoms with van der Waals surface area (Å²) in [6, 6.07) is 7.74. The molecule has 1 aromatic carbocycles. The van der Waals surface area contributed by atoms with Crippen LogP contribution in [-0.2, 0) is 0 Å². The van der Waals surface area contributed by atoms with E-state index in [0.29, 0.717) is 5.02 Å². The number of hydrogen-bond acceptors (Lipinski definition) is 4. The van der Waals surface area contributed by atoms with Crippen LogP contribution < -0.4 is 5.73 Å². The molecule has 0 bridgehead atoms. The average molecular weight is 267 g/mol. The Hall–Kier alpha value is -1.10. The summed E-state index contributed by atoms with van der Waals surface area (Å²) in [4.78, 5) is 4.54. The number of nitrogens with zero attached hydrogens (tertiary/aromatic N) is 1. The number of nitrogens with two attached hydrogens (primary N) is 1. The molecule has 2 N–H and O–H groups in total. The van der Waals surface area contributed by atoms with E-state index in [0.717, 1.165) is 25.8 Å². The first-order valence-corrected chi connectivity index (χ1v) is 6.71. The van der Waals surface area contributed by atoms with Crippen molar-refractivity contribution in [2.45, 2.75) is 0 Å². The van der Waals surface area contributed by atoms with E-state index in [-0.39, 0.29) is 0 Å². The van der Waals surface area contributed by atoms with Crippen LogP contribution in [0.5, 0.6) is 0 Å². The summed E-state index contributed by atoms with van der Waals surface area (Å²) in [6.45, 7) is 0. The number of aromatic nitrogens is 1. The SMILES string of the molecule is Nc1sccc1-c1nc2cc(Cl)ccc2s1. The number of thiazole rings is 1. The standard InChI is InChI=1S/C11H7ClN2S2/c12-6-1-2-9-8(5-6)14-11(16-9)7-3-4-15-10(7)13/h1-5H,13H2. The number of thiophene rings is 1. The van der Waals surface area contributed by atoms with Crippen molar-refractivity contribution in [1.82, 2.24) is 4.98 Å². The highest BCUT2D eigenvalue weighted by atomic mass is 35.5. The van der Waals surface area contributed by atoms with Crippen LogP contribution in [-0.4, -0.2) is 4.98 Å². The molecule has 0 fully saturated rings. The van der Waals surface area contributed by atoms with Gasteiger partial charge >= 0.3 is 0 Å². The zero-order valence-corrected chi connectivity index (χ0v) is 10.5. The summed E-state index contributed by atoms with van der Waals surface area (Å²) in [5.41, 5.74) is 7.83. The molecule has 0 aliphatic rings. The van der Waals surface area contributed by atoms with E-state index >= 15 is 0 Å². The Bertz CT molecular complexity index is 657. The summed E-state index contributed by atoms with van der Waals surface area (Å²) >= 11 is 9.09. The van der Waals surface area contributed by atoms with E-state index in [1.807, 2.05) is 29.6 Å². The molecule has 16 heavy (non-hydrogen) atoms. The molecule has 5 heteroatoms. The van der Waals surface area contributed by atoms with Gasteiger partial charge in [-0.1, -0.05) is 11.6 Å². The first kappa shape index (κ1) is 10.1. The average Bonchev–Trinajstić information content (AvgIpc) is 2.82. The normalized spacial score (nSPS) is 11.1. The number of rotatable bonds is 1. The fourth-order valence-corrected chi connectivity index (χ4v) is 3.37. The third-order valence-electron chi connectivity index (χ3n) is 2.28. The first-order chi connectivity index (χ1) is 7.74. The third kappa shape index (κ3) is 1.59. The van der Waals surface area contributed by atoms with Crippen LogP contribution in [0, 0.1) is 0 Å². The van der Waals surface area contributed by atoms with E-state index in [2.05, 4.69) is 4.98 Å². The van der Waals surface area contributed by atoms with Gasteiger partial charge in [0.25, 0.3) is 0 Å². The van der Waals surface area contributed by atoms with E-state index < -0.39 is 0 Å². The molecule has 0 unspecified atom stereocenters. The highest BCUT2D eigenvalue weighted by Crippen LogP contribution is 2.36. The molecule has 0 atom stereocenters. The lowest BCUT2D eigenvalue weighted by molar-refractivity contribution is 1.49. The van der Waals surface area contributed by atoms with Crippen molar-refractivity contribution < 1.29 is 0 Å². The van der Waals surface area contributed by atoms with Gasteiger partial charge in [-0.15, -0.1) is 22.7 Å². The fourth-order valence-electron chi connectivity index (χ4n) is 1.51. The summed E-state index contributed by atoms with van der Waals surface area (Å²) in [6.07, 6.45) is 0. The van der Waals surface area contributed by atoms with Gasteiger partial charge in [0.1, 0.15) is 5.01 Å². The van der Waals surface area contributed by atoms with Crippen molar-refractivity contribution in [3.05, 3.63) is 34.7 Å². The second kappa shape index (κ2) is 3.73. The topological polar surface area (TPSA) is 38.9 Å². The zero-order valence-electron chi connectivity index (χ0n) is 8.11. The first-order valence-electron chi connectivity index (χ1n) is 4.63. The second-order valence-corrected chi connectivity index (χ2v) is 5.74. The minimum Gasteiger partial charge on any atom is -0.390 e. The number of nitrogen functional groups attached to an aromatic ring is 1. The molecule has 0 aliphatic heterocycles. The molecule has 3 rings (SSSR count). The minimum absolute atomic E-state index is 0.711. The van der Waals surface area contributed by atoms with Crippen LogP contribution in [0.4, 0.5) is 5.00 Å². The van der Waals surface area contributed by atoms with Gasteiger partial charge < -0.3 is 5.73 Å². The van der Waals surface area contributed by atoms with Gasteiger partial charge in [-0.05, 0) is 29.6 Å². The summed E-state index contributed by atoms with van der Waals surface area (Å²) in [5, 5.41) is 4.45. The van der Waals surface area contributed by atoms with Gasteiger partial charge in [0.05, 0.1) is 15.2 Å². The van der Waals surface area contributed by atoms with Crippen LogP contribution in [0.15, 0.2) is 29.6 Å². The van der Waals surface area contributed by atoms with Crippen LogP contribution in [0.3, 0.4) is 0 Å². The van der Waals surface area contributed by atoms with Crippen LogP contribution >= 0.6 is 34.3 Å². The molecule has 0 saturated heterocycles. The van der Waals surface area contributed by atoms with Gasteiger partial charge in [0.15, 0.2) is 0 Å². The Labute approximate surface area is 105 Å². The Morgan fingerprint density at radius 2 is 2.12 bits per heavy atom. The zero-order chi connectivity index (χ0) is 11.1. The maximum absolute atomic E-state index is 5.93. The molecule has 0 saturated carbocycles. The van der Waals surface area contributed by atoms with Gasteiger partial charge in [-0.25, -0.2) is 4.98 Å². The van der Waals surface area contributed by atoms with Crippen molar-refractivity contribution in [2.24, 2.45) is 0 Å². The lowest BCUT2D eigenvalue weighted by Crippen LogP contribution is -1.81. The Balaban J connectivity index is 2.23. The largest absolute Gasteiger partial charge is 0.390 e. The van der Waals surface area contributed by atoms with Crippen molar-refractivity contribution in [3.63, 3.8) is 0 Å². The Morgan fingerprint density at radius 3 is 2.88 bits per heavy atom. The molecule has 2 aromatic heterocycles. The van der Waals surface area contributed by atoms with Gasteiger partial charge in [-0.3, -0.25) is 0 Å². The molecule has 0 aliphatic carbocycles. The van der Waals surface area contributed by atoms with Crippen molar-refractivity contribution in [3.8, 4) is 10.6 Å². The van der Waals surface area contributed by atoms with Crippen molar-refractivity contribution in [1.29, 1.82) is 0 Å².